The molecule has 0 radical (unpaired) electrons. The molecule has 1 rings (SSSR count). The molecular formula is C16H24F3NO. The summed E-state index contributed by atoms with van der Waals surface area (Å²) in [6, 6.07) is 7.38. The maximum Gasteiger partial charge on any atom is 0.414 e. The Balaban J connectivity index is 2.86. The number of hydrogen-bond donors (Lipinski definition) is 1. The van der Waals surface area contributed by atoms with Gasteiger partial charge in [-0.1, -0.05) is 29.8 Å². The fourth-order valence-corrected chi connectivity index (χ4v) is 1.75. The average Bonchev–Trinajstić information content (AvgIpc) is 2.33. The lowest BCUT2D eigenvalue weighted by Gasteiger charge is -2.28. The van der Waals surface area contributed by atoms with Gasteiger partial charge in [0, 0.05) is 12.1 Å². The van der Waals surface area contributed by atoms with Crippen LogP contribution in [0.1, 0.15) is 44.9 Å². The Morgan fingerprint density at radius 3 is 2.05 bits per heavy atom. The van der Waals surface area contributed by atoms with Crippen molar-refractivity contribution in [1.82, 2.24) is 5.32 Å². The monoisotopic (exact) mass is 303 g/mol. The first-order valence-electron chi connectivity index (χ1n) is 7.03. The van der Waals surface area contributed by atoms with Gasteiger partial charge in [-0.3, -0.25) is 0 Å². The number of hydrogen-bond acceptors (Lipinski definition) is 2. The van der Waals surface area contributed by atoms with Crippen molar-refractivity contribution in [2.45, 2.75) is 58.5 Å². The average molecular weight is 303 g/mol. The maximum absolute atomic E-state index is 12.7. The summed E-state index contributed by atoms with van der Waals surface area (Å²) < 4.78 is 43.4. The van der Waals surface area contributed by atoms with E-state index in [4.69, 9.17) is 4.74 Å². The van der Waals surface area contributed by atoms with E-state index in [2.05, 4.69) is 5.32 Å². The molecule has 2 unspecified atom stereocenters. The van der Waals surface area contributed by atoms with Gasteiger partial charge in [-0.05, 0) is 40.2 Å². The van der Waals surface area contributed by atoms with E-state index in [1.54, 1.807) is 0 Å². The second-order valence-corrected chi connectivity index (χ2v) is 6.35. The number of nitrogens with one attached hydrogen (secondary N) is 1. The fourth-order valence-electron chi connectivity index (χ4n) is 1.75. The van der Waals surface area contributed by atoms with Gasteiger partial charge in [0.2, 0.25) is 0 Å². The minimum atomic E-state index is -4.36. The minimum absolute atomic E-state index is 0.187. The van der Waals surface area contributed by atoms with Crippen LogP contribution in [0.5, 0.6) is 0 Å². The van der Waals surface area contributed by atoms with Crippen molar-refractivity contribution in [2.75, 3.05) is 6.54 Å². The molecule has 2 nitrogen and oxygen atoms in total. The molecule has 0 fully saturated rings. The normalized spacial score (nSPS) is 15.8. The number of rotatable bonds is 5. The number of ether oxygens (including phenoxy) is 1. The second kappa shape index (κ2) is 6.79. The molecule has 0 aromatic heterocycles. The zero-order valence-electron chi connectivity index (χ0n) is 13.2. The van der Waals surface area contributed by atoms with Gasteiger partial charge in [0.1, 0.15) is 0 Å². The van der Waals surface area contributed by atoms with Crippen LogP contribution in [0.15, 0.2) is 24.3 Å². The molecule has 0 bridgehead atoms. The summed E-state index contributed by atoms with van der Waals surface area (Å²) in [6.45, 7) is 9.20. The van der Waals surface area contributed by atoms with Crippen molar-refractivity contribution in [2.24, 2.45) is 0 Å². The van der Waals surface area contributed by atoms with Crippen molar-refractivity contribution in [3.8, 4) is 0 Å². The lowest BCUT2D eigenvalue weighted by molar-refractivity contribution is -0.227. The molecule has 1 N–H and O–H groups in total. The van der Waals surface area contributed by atoms with Gasteiger partial charge in [-0.25, -0.2) is 0 Å². The van der Waals surface area contributed by atoms with Crippen LogP contribution in [0.3, 0.4) is 0 Å². The number of alkyl halides is 3. The number of aryl methyl sites for hydroxylation is 1. The smallest absolute Gasteiger partial charge is 0.360 e. The second-order valence-electron chi connectivity index (χ2n) is 6.35. The van der Waals surface area contributed by atoms with Crippen LogP contribution in [0, 0.1) is 6.92 Å². The maximum atomic E-state index is 12.7. The zero-order chi connectivity index (χ0) is 16.3. The van der Waals surface area contributed by atoms with Crippen LogP contribution < -0.4 is 5.32 Å². The third kappa shape index (κ3) is 6.48. The standard InChI is InChI=1S/C16H24F3NO/c1-11-6-8-13(9-7-11)14(10-20-15(3,4)5)21-12(2)16(17,18)19/h6-9,12,14,20H,10H2,1-5H3. The van der Waals surface area contributed by atoms with Gasteiger partial charge in [-0.2, -0.15) is 13.2 Å². The fraction of sp³-hybridized carbons (Fsp3) is 0.625. The molecular weight excluding hydrogens is 279 g/mol. The summed E-state index contributed by atoms with van der Waals surface area (Å²) in [5.41, 5.74) is 1.62. The first-order valence-corrected chi connectivity index (χ1v) is 7.03. The molecule has 21 heavy (non-hydrogen) atoms. The molecule has 5 heteroatoms. The summed E-state index contributed by atoms with van der Waals surface area (Å²) in [5.74, 6) is 0. The summed E-state index contributed by atoms with van der Waals surface area (Å²) in [6.07, 6.45) is -6.79. The largest absolute Gasteiger partial charge is 0.414 e. The van der Waals surface area contributed by atoms with Crippen molar-refractivity contribution < 1.29 is 17.9 Å². The van der Waals surface area contributed by atoms with Crippen molar-refractivity contribution in [3.05, 3.63) is 35.4 Å². The number of benzene rings is 1. The highest BCUT2D eigenvalue weighted by molar-refractivity contribution is 5.23. The van der Waals surface area contributed by atoms with E-state index in [9.17, 15) is 13.2 Å². The molecule has 0 saturated heterocycles. The van der Waals surface area contributed by atoms with Crippen LogP contribution in [-0.2, 0) is 4.74 Å². The Bertz CT molecular complexity index is 434. The van der Waals surface area contributed by atoms with E-state index in [1.165, 1.54) is 0 Å². The first-order chi connectivity index (χ1) is 9.49. The van der Waals surface area contributed by atoms with Crippen LogP contribution >= 0.6 is 0 Å². The Labute approximate surface area is 124 Å². The summed E-state index contributed by atoms with van der Waals surface area (Å²) >= 11 is 0. The molecule has 1 aromatic rings. The first kappa shape index (κ1) is 18.0. The van der Waals surface area contributed by atoms with Crippen molar-refractivity contribution >= 4 is 0 Å². The highest BCUT2D eigenvalue weighted by atomic mass is 19.4. The predicted octanol–water partition coefficient (Wildman–Crippen LogP) is 4.39. The number of halogens is 3. The van der Waals surface area contributed by atoms with Gasteiger partial charge >= 0.3 is 6.18 Å². The van der Waals surface area contributed by atoms with Crippen LogP contribution in [0.4, 0.5) is 13.2 Å². The molecule has 120 valence electrons. The third-order valence-corrected chi connectivity index (χ3v) is 3.10. The van der Waals surface area contributed by atoms with E-state index >= 15 is 0 Å². The van der Waals surface area contributed by atoms with E-state index in [-0.39, 0.29) is 5.54 Å². The molecule has 1 aromatic carbocycles. The van der Waals surface area contributed by atoms with Crippen molar-refractivity contribution in [3.63, 3.8) is 0 Å². The van der Waals surface area contributed by atoms with E-state index in [0.717, 1.165) is 18.1 Å². The van der Waals surface area contributed by atoms with Crippen molar-refractivity contribution in [1.29, 1.82) is 0 Å². The molecule has 0 aliphatic heterocycles. The summed E-state index contributed by atoms with van der Waals surface area (Å²) in [5, 5.41) is 3.20. The lowest BCUT2D eigenvalue weighted by atomic mass is 10.0. The Morgan fingerprint density at radius 2 is 1.62 bits per heavy atom. The van der Waals surface area contributed by atoms with Gasteiger partial charge in [0.15, 0.2) is 6.10 Å². The molecule has 0 aliphatic carbocycles. The minimum Gasteiger partial charge on any atom is -0.360 e. The van der Waals surface area contributed by atoms with E-state index in [0.29, 0.717) is 6.54 Å². The lowest BCUT2D eigenvalue weighted by Crippen LogP contribution is -2.41. The molecule has 0 amide bonds. The highest BCUT2D eigenvalue weighted by Gasteiger charge is 2.38. The third-order valence-electron chi connectivity index (χ3n) is 3.10. The molecule has 0 heterocycles. The SMILES string of the molecule is Cc1ccc(C(CNC(C)(C)C)OC(C)C(F)(F)F)cc1. The highest BCUT2D eigenvalue weighted by Crippen LogP contribution is 2.28. The molecule has 2 atom stereocenters. The Hall–Kier alpha value is -1.07. The Morgan fingerprint density at radius 1 is 1.10 bits per heavy atom. The zero-order valence-corrected chi connectivity index (χ0v) is 13.2. The quantitative estimate of drug-likeness (QED) is 0.871. The van der Waals surface area contributed by atoms with Gasteiger partial charge in [0.25, 0.3) is 0 Å². The topological polar surface area (TPSA) is 21.3 Å². The van der Waals surface area contributed by atoms with E-state index < -0.39 is 18.4 Å². The summed E-state index contributed by atoms with van der Waals surface area (Å²) in [7, 11) is 0. The van der Waals surface area contributed by atoms with Gasteiger partial charge in [-0.15, -0.1) is 0 Å². The van der Waals surface area contributed by atoms with Crippen LogP contribution in [-0.4, -0.2) is 24.4 Å². The Kier molecular flexibility index (Phi) is 5.82. The van der Waals surface area contributed by atoms with Crippen LogP contribution in [0.2, 0.25) is 0 Å². The predicted molar refractivity (Wildman–Crippen MR) is 78.3 cm³/mol. The molecule has 0 saturated carbocycles. The molecule has 0 spiro atoms. The van der Waals surface area contributed by atoms with E-state index in [1.807, 2.05) is 52.0 Å². The summed E-state index contributed by atoms with van der Waals surface area (Å²) in [4.78, 5) is 0. The van der Waals surface area contributed by atoms with Gasteiger partial charge < -0.3 is 10.1 Å². The van der Waals surface area contributed by atoms with Gasteiger partial charge in [0.05, 0.1) is 6.10 Å². The van der Waals surface area contributed by atoms with Crippen LogP contribution in [0.25, 0.3) is 0 Å². The molecule has 0 aliphatic rings.